The van der Waals surface area contributed by atoms with Crippen LogP contribution in [0.15, 0.2) is 34.5 Å². The van der Waals surface area contributed by atoms with Crippen LogP contribution >= 0.6 is 11.3 Å². The molecule has 0 unspecified atom stereocenters. The molecule has 0 saturated heterocycles. The predicted molar refractivity (Wildman–Crippen MR) is 92.0 cm³/mol. The van der Waals surface area contributed by atoms with Crippen LogP contribution < -0.4 is 9.46 Å². The quantitative estimate of drug-likeness (QED) is 0.896. The smallest absolute Gasteiger partial charge is 0.254 e. The van der Waals surface area contributed by atoms with E-state index >= 15 is 0 Å². The lowest BCUT2D eigenvalue weighted by molar-refractivity contribution is 0.0735. The highest BCUT2D eigenvalue weighted by molar-refractivity contribution is 7.89. The van der Waals surface area contributed by atoms with Gasteiger partial charge in [-0.15, -0.1) is 11.3 Å². The fraction of sp³-hybridized carbons (Fsp3) is 0.312. The Labute approximate surface area is 145 Å². The fourth-order valence-corrected chi connectivity index (χ4v) is 4.54. The van der Waals surface area contributed by atoms with Crippen molar-refractivity contribution in [3.8, 4) is 5.75 Å². The van der Waals surface area contributed by atoms with Gasteiger partial charge in [-0.05, 0) is 48.7 Å². The third-order valence-electron chi connectivity index (χ3n) is 4.06. The summed E-state index contributed by atoms with van der Waals surface area (Å²) in [5.41, 5.74) is 1.50. The van der Waals surface area contributed by atoms with E-state index in [0.717, 1.165) is 12.0 Å². The number of amides is 1. The molecule has 0 atom stereocenters. The highest BCUT2D eigenvalue weighted by Crippen LogP contribution is 2.28. The molecule has 0 saturated carbocycles. The molecule has 0 spiro atoms. The normalized spacial score (nSPS) is 14.3. The Morgan fingerprint density at radius 3 is 2.83 bits per heavy atom. The Morgan fingerprint density at radius 2 is 2.12 bits per heavy atom. The molecule has 3 rings (SSSR count). The minimum absolute atomic E-state index is 0.0356. The molecule has 1 aromatic heterocycles. The lowest BCUT2D eigenvalue weighted by Crippen LogP contribution is -2.35. The summed E-state index contributed by atoms with van der Waals surface area (Å²) in [5, 5.41) is 2.03. The van der Waals surface area contributed by atoms with E-state index in [1.165, 1.54) is 31.2 Å². The number of hydrogen-bond acceptors (Lipinski definition) is 5. The number of sulfonamides is 1. The van der Waals surface area contributed by atoms with Crippen molar-refractivity contribution in [3.63, 3.8) is 0 Å². The van der Waals surface area contributed by atoms with Gasteiger partial charge in [0.15, 0.2) is 0 Å². The molecule has 1 amide bonds. The first-order valence-corrected chi connectivity index (χ1v) is 9.78. The maximum atomic E-state index is 12.8. The van der Waals surface area contributed by atoms with Crippen molar-refractivity contribution in [1.29, 1.82) is 0 Å². The second kappa shape index (κ2) is 6.54. The van der Waals surface area contributed by atoms with Crippen molar-refractivity contribution in [2.24, 2.45) is 0 Å². The van der Waals surface area contributed by atoms with Crippen LogP contribution in [0.25, 0.3) is 0 Å². The fourth-order valence-electron chi connectivity index (χ4n) is 2.73. The van der Waals surface area contributed by atoms with E-state index in [1.54, 1.807) is 22.3 Å². The Balaban J connectivity index is 1.92. The number of thiophene rings is 1. The number of carbonyl (C=O) groups is 1. The molecule has 1 aliphatic heterocycles. The summed E-state index contributed by atoms with van der Waals surface area (Å²) in [6, 6.07) is 6.51. The van der Waals surface area contributed by atoms with Crippen LogP contribution in [0, 0.1) is 0 Å². The summed E-state index contributed by atoms with van der Waals surface area (Å²) in [4.78, 5) is 15.8. The number of carbonyl (C=O) groups excluding carboxylic acids is 1. The molecule has 2 heterocycles. The van der Waals surface area contributed by atoms with Crippen LogP contribution in [0.5, 0.6) is 5.75 Å². The van der Waals surface area contributed by atoms with Gasteiger partial charge in [-0.2, -0.15) is 0 Å². The third-order valence-corrected chi connectivity index (χ3v) is 6.52. The number of rotatable bonds is 4. The summed E-state index contributed by atoms with van der Waals surface area (Å²) in [6.07, 6.45) is 0.830. The molecule has 8 heteroatoms. The lowest BCUT2D eigenvalue weighted by Gasteiger charge is -2.27. The Hall–Kier alpha value is -1.90. The van der Waals surface area contributed by atoms with Crippen LogP contribution in [0.1, 0.15) is 20.8 Å². The van der Waals surface area contributed by atoms with E-state index in [2.05, 4.69) is 4.72 Å². The van der Waals surface area contributed by atoms with Gasteiger partial charge in [-0.25, -0.2) is 13.1 Å². The molecular formula is C16H18N2O4S2. The van der Waals surface area contributed by atoms with Gasteiger partial charge < -0.3 is 9.64 Å². The molecule has 1 aliphatic rings. The van der Waals surface area contributed by atoms with Crippen LogP contribution in [0.3, 0.4) is 0 Å². The van der Waals surface area contributed by atoms with Crippen molar-refractivity contribution in [1.82, 2.24) is 9.62 Å². The maximum Gasteiger partial charge on any atom is 0.254 e. The zero-order chi connectivity index (χ0) is 17.3. The molecule has 2 aromatic rings. The number of hydrogen-bond donors (Lipinski definition) is 1. The van der Waals surface area contributed by atoms with E-state index in [4.69, 9.17) is 4.74 Å². The summed E-state index contributed by atoms with van der Waals surface area (Å²) < 4.78 is 31.7. The molecule has 1 N–H and O–H groups in total. The van der Waals surface area contributed by atoms with Crippen molar-refractivity contribution in [3.05, 3.63) is 45.6 Å². The number of fused-ring (bicyclic) bond motifs is 1. The Bertz CT molecular complexity index is 874. The number of benzene rings is 1. The first-order chi connectivity index (χ1) is 11.5. The monoisotopic (exact) mass is 366 g/mol. The van der Waals surface area contributed by atoms with E-state index in [1.807, 2.05) is 11.4 Å². The van der Waals surface area contributed by atoms with Crippen LogP contribution in [-0.2, 0) is 23.0 Å². The molecule has 6 nitrogen and oxygen atoms in total. The van der Waals surface area contributed by atoms with E-state index < -0.39 is 10.0 Å². The number of nitrogens with zero attached hydrogens (tertiary/aromatic N) is 1. The van der Waals surface area contributed by atoms with Gasteiger partial charge in [-0.3, -0.25) is 4.79 Å². The molecule has 0 aliphatic carbocycles. The van der Waals surface area contributed by atoms with Crippen molar-refractivity contribution in [2.45, 2.75) is 17.9 Å². The standard InChI is InChI=1S/C16H18N2O4S2/c1-17-24(20,21)15-9-11(3-4-13(15)22-2)16(19)18-7-5-14-12(10-18)6-8-23-14/h3-4,6,8-9,17H,5,7,10H2,1-2H3. The van der Waals surface area contributed by atoms with Crippen molar-refractivity contribution >= 4 is 27.3 Å². The highest BCUT2D eigenvalue weighted by Gasteiger charge is 2.25. The van der Waals surface area contributed by atoms with Crippen LogP contribution in [-0.4, -0.2) is 39.9 Å². The van der Waals surface area contributed by atoms with E-state index in [0.29, 0.717) is 18.7 Å². The minimum Gasteiger partial charge on any atom is -0.495 e. The van der Waals surface area contributed by atoms with Crippen LogP contribution in [0.4, 0.5) is 0 Å². The number of ether oxygens (including phenoxy) is 1. The molecular weight excluding hydrogens is 348 g/mol. The maximum absolute atomic E-state index is 12.8. The van der Waals surface area contributed by atoms with Crippen LogP contribution in [0.2, 0.25) is 0 Å². The van der Waals surface area contributed by atoms with Gasteiger partial charge in [0, 0.05) is 23.5 Å². The van der Waals surface area contributed by atoms with Crippen molar-refractivity contribution < 1.29 is 17.9 Å². The van der Waals surface area contributed by atoms with Crippen molar-refractivity contribution in [2.75, 3.05) is 20.7 Å². The molecule has 0 fully saturated rings. The highest BCUT2D eigenvalue weighted by atomic mass is 32.2. The van der Waals surface area contributed by atoms with E-state index in [9.17, 15) is 13.2 Å². The molecule has 1 aromatic carbocycles. The van der Waals surface area contributed by atoms with Gasteiger partial charge in [0.05, 0.1) is 7.11 Å². The predicted octanol–water partition coefficient (Wildman–Crippen LogP) is 1.86. The lowest BCUT2D eigenvalue weighted by atomic mass is 10.1. The van der Waals surface area contributed by atoms with Gasteiger partial charge in [-0.1, -0.05) is 0 Å². The SMILES string of the molecule is CNS(=O)(=O)c1cc(C(=O)N2CCc3sccc3C2)ccc1OC. The average molecular weight is 366 g/mol. The summed E-state index contributed by atoms with van der Waals surface area (Å²) >= 11 is 1.71. The first-order valence-electron chi connectivity index (χ1n) is 7.42. The molecule has 24 heavy (non-hydrogen) atoms. The second-order valence-corrected chi connectivity index (χ2v) is 8.27. The van der Waals surface area contributed by atoms with E-state index in [-0.39, 0.29) is 16.6 Å². The average Bonchev–Trinajstić information content (AvgIpc) is 3.08. The zero-order valence-corrected chi connectivity index (χ0v) is 15.0. The molecule has 0 radical (unpaired) electrons. The first kappa shape index (κ1) is 16.9. The Morgan fingerprint density at radius 1 is 1.33 bits per heavy atom. The summed E-state index contributed by atoms with van der Waals surface area (Å²) in [6.45, 7) is 1.18. The van der Waals surface area contributed by atoms with Gasteiger partial charge in [0.25, 0.3) is 5.91 Å². The number of methoxy groups -OCH3 is 1. The Kier molecular flexibility index (Phi) is 4.62. The zero-order valence-electron chi connectivity index (χ0n) is 13.4. The van der Waals surface area contributed by atoms with Gasteiger partial charge >= 0.3 is 0 Å². The molecule has 0 bridgehead atoms. The largest absolute Gasteiger partial charge is 0.495 e. The number of nitrogens with one attached hydrogen (secondary N) is 1. The molecule has 128 valence electrons. The summed E-state index contributed by atoms with van der Waals surface area (Å²) in [5.74, 6) is 0.0294. The van der Waals surface area contributed by atoms with Gasteiger partial charge in [0.2, 0.25) is 10.0 Å². The minimum atomic E-state index is -3.71. The second-order valence-electron chi connectivity index (χ2n) is 5.42. The van der Waals surface area contributed by atoms with Gasteiger partial charge in [0.1, 0.15) is 10.6 Å². The summed E-state index contributed by atoms with van der Waals surface area (Å²) in [7, 11) is -0.989. The topological polar surface area (TPSA) is 75.7 Å². The third kappa shape index (κ3) is 3.04.